The maximum absolute atomic E-state index is 6.28. The Hall–Kier alpha value is -9.18. The molecule has 0 atom stereocenters. The molecule has 12 aromatic carbocycles. The molecule has 0 unspecified atom stereocenters. The first kappa shape index (κ1) is 39.0. The fourth-order valence-electron chi connectivity index (χ4n) is 10.9. The van der Waals surface area contributed by atoms with Crippen LogP contribution in [0.15, 0.2) is 259 Å². The molecular formula is C66H42N2O. The lowest BCUT2D eigenvalue weighted by atomic mass is 9.97. The van der Waals surface area contributed by atoms with Gasteiger partial charge >= 0.3 is 0 Å². The van der Waals surface area contributed by atoms with Crippen LogP contribution in [-0.4, -0.2) is 4.57 Å². The Morgan fingerprint density at radius 1 is 0.304 bits per heavy atom. The average Bonchev–Trinajstić information content (AvgIpc) is 3.98. The largest absolute Gasteiger partial charge is 0.456 e. The van der Waals surface area contributed by atoms with E-state index in [9.17, 15) is 0 Å². The van der Waals surface area contributed by atoms with Crippen molar-refractivity contribution in [3.63, 3.8) is 0 Å². The predicted octanol–water partition coefficient (Wildman–Crippen LogP) is 18.6. The highest BCUT2D eigenvalue weighted by Crippen LogP contribution is 2.42. The third-order valence-electron chi connectivity index (χ3n) is 14.2. The van der Waals surface area contributed by atoms with Gasteiger partial charge in [-0.05, 0) is 133 Å². The van der Waals surface area contributed by atoms with Crippen LogP contribution in [0.2, 0.25) is 0 Å². The van der Waals surface area contributed by atoms with Gasteiger partial charge in [-0.25, -0.2) is 0 Å². The van der Waals surface area contributed by atoms with Crippen LogP contribution in [0.5, 0.6) is 0 Å². The van der Waals surface area contributed by atoms with E-state index in [0.717, 1.165) is 61.4 Å². The number of fused-ring (bicyclic) bond motifs is 11. The molecule has 0 aliphatic carbocycles. The summed E-state index contributed by atoms with van der Waals surface area (Å²) >= 11 is 0. The molecule has 3 nitrogen and oxygen atoms in total. The van der Waals surface area contributed by atoms with Crippen molar-refractivity contribution in [3.8, 4) is 39.1 Å². The minimum Gasteiger partial charge on any atom is -0.456 e. The van der Waals surface area contributed by atoms with Crippen molar-refractivity contribution in [1.29, 1.82) is 0 Å². The topological polar surface area (TPSA) is 21.3 Å². The van der Waals surface area contributed by atoms with Gasteiger partial charge in [-0.1, -0.05) is 182 Å². The zero-order valence-electron chi connectivity index (χ0n) is 37.6. The summed E-state index contributed by atoms with van der Waals surface area (Å²) in [5, 5.41) is 12.3. The van der Waals surface area contributed by atoms with Crippen LogP contribution < -0.4 is 4.90 Å². The smallest absolute Gasteiger partial charge is 0.136 e. The molecule has 3 heteroatoms. The summed E-state index contributed by atoms with van der Waals surface area (Å²) < 4.78 is 8.72. The van der Waals surface area contributed by atoms with Crippen molar-refractivity contribution < 1.29 is 4.42 Å². The number of hydrogen-bond acceptors (Lipinski definition) is 2. The van der Waals surface area contributed by atoms with E-state index in [2.05, 4.69) is 252 Å². The van der Waals surface area contributed by atoms with Crippen LogP contribution in [-0.2, 0) is 0 Å². The number of para-hydroxylation sites is 2. The second-order valence-electron chi connectivity index (χ2n) is 18.1. The molecule has 0 saturated carbocycles. The predicted molar refractivity (Wildman–Crippen MR) is 292 cm³/mol. The fraction of sp³-hybridized carbons (Fsp3) is 0. The van der Waals surface area contributed by atoms with Crippen molar-refractivity contribution in [3.05, 3.63) is 255 Å². The first-order chi connectivity index (χ1) is 34.2. The van der Waals surface area contributed by atoms with Gasteiger partial charge < -0.3 is 13.9 Å². The molecule has 0 saturated heterocycles. The van der Waals surface area contributed by atoms with E-state index < -0.39 is 0 Å². The van der Waals surface area contributed by atoms with Crippen molar-refractivity contribution in [1.82, 2.24) is 4.57 Å². The molecule has 0 N–H and O–H groups in total. The quantitative estimate of drug-likeness (QED) is 0.149. The summed E-state index contributed by atoms with van der Waals surface area (Å²) in [5.74, 6) is 0. The van der Waals surface area contributed by atoms with Crippen LogP contribution in [0.1, 0.15) is 0 Å². The molecule has 0 amide bonds. The summed E-state index contributed by atoms with van der Waals surface area (Å²) in [4.78, 5) is 2.36. The second kappa shape index (κ2) is 15.7. The minimum atomic E-state index is 0.897. The van der Waals surface area contributed by atoms with Gasteiger partial charge in [-0.15, -0.1) is 0 Å². The third-order valence-corrected chi connectivity index (χ3v) is 14.2. The SMILES string of the molecule is c1ccc(-n2c3cc(-c4ccc(N(c5ccc(-c6ccc7c(ccc8ccccc87)c6)cc5)c5ccc(-c6cccc7oc8ccccc8c67)cc5)cc4)ccc3c3ccc4ccccc4c32)cc1. The van der Waals surface area contributed by atoms with E-state index in [-0.39, 0.29) is 0 Å². The first-order valence-electron chi connectivity index (χ1n) is 23.6. The van der Waals surface area contributed by atoms with Crippen LogP contribution in [0.3, 0.4) is 0 Å². The summed E-state index contributed by atoms with van der Waals surface area (Å²) in [6.45, 7) is 0. The van der Waals surface area contributed by atoms with Gasteiger partial charge in [0.2, 0.25) is 0 Å². The molecule has 0 aliphatic heterocycles. The van der Waals surface area contributed by atoms with Gasteiger partial charge in [0.05, 0.1) is 11.0 Å². The van der Waals surface area contributed by atoms with Crippen LogP contribution >= 0.6 is 0 Å². The molecule has 322 valence electrons. The molecule has 2 heterocycles. The van der Waals surface area contributed by atoms with Crippen LogP contribution in [0.25, 0.3) is 115 Å². The molecule has 0 fully saturated rings. The summed E-state index contributed by atoms with van der Waals surface area (Å²) in [5.41, 5.74) is 15.6. The maximum Gasteiger partial charge on any atom is 0.136 e. The number of rotatable bonds is 7. The highest BCUT2D eigenvalue weighted by atomic mass is 16.3. The number of nitrogens with zero attached hydrogens (tertiary/aromatic N) is 2. The first-order valence-corrected chi connectivity index (χ1v) is 23.6. The molecule has 14 aromatic rings. The Bertz CT molecular complexity index is 4280. The summed E-state index contributed by atoms with van der Waals surface area (Å²) in [6, 6.07) is 92.5. The Kier molecular flexibility index (Phi) is 8.90. The highest BCUT2D eigenvalue weighted by molar-refractivity contribution is 6.19. The Morgan fingerprint density at radius 2 is 0.812 bits per heavy atom. The summed E-state index contributed by atoms with van der Waals surface area (Å²) in [6.07, 6.45) is 0. The van der Waals surface area contributed by atoms with Gasteiger partial charge in [0.15, 0.2) is 0 Å². The number of hydrogen-bond donors (Lipinski definition) is 0. The van der Waals surface area contributed by atoms with Crippen molar-refractivity contribution >= 4 is 93.1 Å². The molecule has 14 rings (SSSR count). The molecule has 0 bridgehead atoms. The lowest BCUT2D eigenvalue weighted by molar-refractivity contribution is 0.669. The maximum atomic E-state index is 6.28. The standard InChI is InChI=1S/C66H42N2O/c1-2-13-51(14-3-1)68-62-42-49(31-39-59(62)60-40-29-46-12-5-7-16-58(46)66(60)68)44-25-34-53(35-26-44)67(54-36-27-47(28-37-54)57-18-10-20-64-65(57)61-17-8-9-19-63(61)69-64)52-32-23-43(24-33-52)48-30-38-56-50(41-48)22-21-45-11-4-6-15-55(45)56/h1-42H. The molecule has 2 aromatic heterocycles. The number of benzene rings is 12. The minimum absolute atomic E-state index is 0.897. The van der Waals surface area contributed by atoms with Crippen molar-refractivity contribution in [2.24, 2.45) is 0 Å². The third kappa shape index (κ3) is 6.43. The zero-order chi connectivity index (χ0) is 45.4. The van der Waals surface area contributed by atoms with Gasteiger partial charge in [0, 0.05) is 49.7 Å². The van der Waals surface area contributed by atoms with E-state index in [1.165, 1.54) is 70.8 Å². The fourth-order valence-corrected chi connectivity index (χ4v) is 10.9. The van der Waals surface area contributed by atoms with E-state index in [0.29, 0.717) is 0 Å². The van der Waals surface area contributed by atoms with Crippen LogP contribution in [0, 0.1) is 0 Å². The Balaban J connectivity index is 0.867. The number of anilines is 3. The lowest BCUT2D eigenvalue weighted by Crippen LogP contribution is -2.09. The van der Waals surface area contributed by atoms with E-state index in [1.807, 2.05) is 12.1 Å². The van der Waals surface area contributed by atoms with E-state index >= 15 is 0 Å². The van der Waals surface area contributed by atoms with Gasteiger partial charge in [-0.2, -0.15) is 0 Å². The number of furan rings is 1. The Morgan fingerprint density at radius 3 is 1.54 bits per heavy atom. The second-order valence-corrected chi connectivity index (χ2v) is 18.1. The van der Waals surface area contributed by atoms with Crippen LogP contribution in [0.4, 0.5) is 17.1 Å². The summed E-state index contributed by atoms with van der Waals surface area (Å²) in [7, 11) is 0. The average molecular weight is 879 g/mol. The van der Waals surface area contributed by atoms with Crippen molar-refractivity contribution in [2.45, 2.75) is 0 Å². The van der Waals surface area contributed by atoms with E-state index in [1.54, 1.807) is 0 Å². The number of aromatic nitrogens is 1. The lowest BCUT2D eigenvalue weighted by Gasteiger charge is -2.26. The molecule has 0 radical (unpaired) electrons. The zero-order valence-corrected chi connectivity index (χ0v) is 37.6. The van der Waals surface area contributed by atoms with Gasteiger partial charge in [-0.3, -0.25) is 0 Å². The monoisotopic (exact) mass is 878 g/mol. The van der Waals surface area contributed by atoms with Gasteiger partial charge in [0.1, 0.15) is 11.2 Å². The molecule has 69 heavy (non-hydrogen) atoms. The molecular weight excluding hydrogens is 837 g/mol. The highest BCUT2D eigenvalue weighted by Gasteiger charge is 2.19. The van der Waals surface area contributed by atoms with Gasteiger partial charge in [0.25, 0.3) is 0 Å². The Labute approximate surface area is 399 Å². The molecule has 0 aliphatic rings. The normalized spacial score (nSPS) is 11.8. The molecule has 0 spiro atoms. The van der Waals surface area contributed by atoms with Crippen molar-refractivity contribution in [2.75, 3.05) is 4.90 Å². The van der Waals surface area contributed by atoms with E-state index in [4.69, 9.17) is 4.42 Å².